The number of thiocarbonyl (C=S) groups is 1. The van der Waals surface area contributed by atoms with E-state index in [2.05, 4.69) is 5.32 Å². The Balaban J connectivity index is 2.36. The molecule has 1 aromatic carbocycles. The highest BCUT2D eigenvalue weighted by molar-refractivity contribution is 7.80. The van der Waals surface area contributed by atoms with Crippen LogP contribution in [0.3, 0.4) is 0 Å². The van der Waals surface area contributed by atoms with Gasteiger partial charge < -0.3 is 20.5 Å². The van der Waals surface area contributed by atoms with E-state index in [0.717, 1.165) is 0 Å². The SMILES string of the molecule is COCC(C)OCCCC(=O)Nc1ccccc1C(N)=S. The summed E-state index contributed by atoms with van der Waals surface area (Å²) in [5, 5.41) is 2.82. The lowest BCUT2D eigenvalue weighted by atomic mass is 10.1. The van der Waals surface area contributed by atoms with Crippen molar-refractivity contribution < 1.29 is 14.3 Å². The fourth-order valence-electron chi connectivity index (χ4n) is 1.82. The first-order valence-electron chi connectivity index (χ1n) is 6.83. The fourth-order valence-corrected chi connectivity index (χ4v) is 2.00. The molecule has 0 fully saturated rings. The van der Waals surface area contributed by atoms with E-state index in [4.69, 9.17) is 27.4 Å². The summed E-state index contributed by atoms with van der Waals surface area (Å²) in [7, 11) is 1.63. The second-order valence-electron chi connectivity index (χ2n) is 4.70. The molecule has 1 rings (SSSR count). The molecule has 0 heterocycles. The van der Waals surface area contributed by atoms with Gasteiger partial charge in [-0.15, -0.1) is 0 Å². The first-order valence-corrected chi connectivity index (χ1v) is 7.24. The molecular formula is C15H22N2O3S. The third-order valence-electron chi connectivity index (χ3n) is 2.82. The number of ether oxygens (including phenoxy) is 2. The number of rotatable bonds is 9. The van der Waals surface area contributed by atoms with Gasteiger partial charge in [-0.05, 0) is 25.5 Å². The lowest BCUT2D eigenvalue weighted by Gasteiger charge is -2.12. The van der Waals surface area contributed by atoms with E-state index in [-0.39, 0.29) is 17.0 Å². The van der Waals surface area contributed by atoms with Gasteiger partial charge in [0.2, 0.25) is 5.91 Å². The minimum Gasteiger partial charge on any atom is -0.389 e. The van der Waals surface area contributed by atoms with E-state index in [1.807, 2.05) is 19.1 Å². The highest BCUT2D eigenvalue weighted by Crippen LogP contribution is 2.15. The monoisotopic (exact) mass is 310 g/mol. The second-order valence-corrected chi connectivity index (χ2v) is 5.14. The lowest BCUT2D eigenvalue weighted by Crippen LogP contribution is -2.19. The molecule has 1 unspecified atom stereocenters. The number of carbonyl (C=O) groups excluding carboxylic acids is 1. The van der Waals surface area contributed by atoms with E-state index >= 15 is 0 Å². The molecule has 1 aromatic rings. The Bertz CT molecular complexity index is 480. The number of para-hydroxylation sites is 1. The van der Waals surface area contributed by atoms with Crippen molar-refractivity contribution in [1.82, 2.24) is 0 Å². The van der Waals surface area contributed by atoms with Gasteiger partial charge in [0.15, 0.2) is 0 Å². The largest absolute Gasteiger partial charge is 0.389 e. The van der Waals surface area contributed by atoms with Crippen molar-refractivity contribution in [1.29, 1.82) is 0 Å². The van der Waals surface area contributed by atoms with Crippen molar-refractivity contribution in [2.24, 2.45) is 5.73 Å². The number of methoxy groups -OCH3 is 1. The number of nitrogens with two attached hydrogens (primary N) is 1. The maximum Gasteiger partial charge on any atom is 0.224 e. The molecule has 0 radical (unpaired) electrons. The number of carbonyl (C=O) groups is 1. The van der Waals surface area contributed by atoms with Crippen LogP contribution in [0.1, 0.15) is 25.3 Å². The van der Waals surface area contributed by atoms with Gasteiger partial charge in [0.05, 0.1) is 18.4 Å². The van der Waals surface area contributed by atoms with Crippen molar-refractivity contribution in [3.8, 4) is 0 Å². The van der Waals surface area contributed by atoms with E-state index in [1.165, 1.54) is 0 Å². The average Bonchev–Trinajstić information content (AvgIpc) is 2.44. The molecule has 0 aliphatic carbocycles. The van der Waals surface area contributed by atoms with Crippen molar-refractivity contribution in [3.05, 3.63) is 29.8 Å². The van der Waals surface area contributed by atoms with Crippen molar-refractivity contribution in [2.75, 3.05) is 25.6 Å². The van der Waals surface area contributed by atoms with Crippen molar-refractivity contribution in [2.45, 2.75) is 25.9 Å². The van der Waals surface area contributed by atoms with Gasteiger partial charge in [0, 0.05) is 25.7 Å². The Labute approximate surface area is 130 Å². The van der Waals surface area contributed by atoms with Gasteiger partial charge in [0.25, 0.3) is 0 Å². The summed E-state index contributed by atoms with van der Waals surface area (Å²) in [5.74, 6) is -0.0818. The molecule has 5 nitrogen and oxygen atoms in total. The van der Waals surface area contributed by atoms with Gasteiger partial charge in [-0.1, -0.05) is 24.4 Å². The third-order valence-corrected chi connectivity index (χ3v) is 3.04. The van der Waals surface area contributed by atoms with Crippen LogP contribution < -0.4 is 11.1 Å². The van der Waals surface area contributed by atoms with Crippen molar-refractivity contribution >= 4 is 28.8 Å². The van der Waals surface area contributed by atoms with Gasteiger partial charge in [-0.3, -0.25) is 4.79 Å². The zero-order valence-electron chi connectivity index (χ0n) is 12.4. The van der Waals surface area contributed by atoms with Crippen LogP contribution in [0.5, 0.6) is 0 Å². The van der Waals surface area contributed by atoms with Crippen LogP contribution in [0.15, 0.2) is 24.3 Å². The molecule has 1 atom stereocenters. The number of benzene rings is 1. The Morgan fingerprint density at radius 1 is 1.43 bits per heavy atom. The molecule has 0 bridgehead atoms. The van der Waals surface area contributed by atoms with Gasteiger partial charge in [-0.25, -0.2) is 0 Å². The van der Waals surface area contributed by atoms with E-state index < -0.39 is 0 Å². The number of amides is 1. The number of hydrogen-bond acceptors (Lipinski definition) is 4. The Morgan fingerprint density at radius 3 is 2.81 bits per heavy atom. The van der Waals surface area contributed by atoms with Gasteiger partial charge >= 0.3 is 0 Å². The van der Waals surface area contributed by atoms with E-state index in [1.54, 1.807) is 19.2 Å². The number of hydrogen-bond donors (Lipinski definition) is 2. The van der Waals surface area contributed by atoms with Crippen LogP contribution in [0.4, 0.5) is 5.69 Å². The zero-order valence-corrected chi connectivity index (χ0v) is 13.2. The number of nitrogens with one attached hydrogen (secondary N) is 1. The highest BCUT2D eigenvalue weighted by Gasteiger charge is 2.08. The molecule has 0 aliphatic rings. The minimum absolute atomic E-state index is 0.0356. The quantitative estimate of drug-likeness (QED) is 0.540. The van der Waals surface area contributed by atoms with Crippen LogP contribution in [0, 0.1) is 0 Å². The Hall–Kier alpha value is -1.50. The Morgan fingerprint density at radius 2 is 2.14 bits per heavy atom. The molecule has 0 aromatic heterocycles. The highest BCUT2D eigenvalue weighted by atomic mass is 32.1. The molecule has 0 saturated carbocycles. The molecule has 0 aliphatic heterocycles. The second kappa shape index (κ2) is 9.44. The van der Waals surface area contributed by atoms with E-state index in [9.17, 15) is 4.79 Å². The fraction of sp³-hybridized carbons (Fsp3) is 0.467. The van der Waals surface area contributed by atoms with Crippen LogP contribution in [0.2, 0.25) is 0 Å². The normalized spacial score (nSPS) is 11.9. The summed E-state index contributed by atoms with van der Waals surface area (Å²) in [6.45, 7) is 3.00. The standard InChI is InChI=1S/C15H22N2O3S/c1-11(10-19-2)20-9-5-8-14(18)17-13-7-4-3-6-12(13)15(16)21/h3-4,6-7,11H,5,8-10H2,1-2H3,(H2,16,21)(H,17,18). The third kappa shape index (κ3) is 6.66. The first kappa shape index (κ1) is 17.6. The smallest absolute Gasteiger partial charge is 0.224 e. The summed E-state index contributed by atoms with van der Waals surface area (Å²) < 4.78 is 10.5. The average molecular weight is 310 g/mol. The predicted octanol–water partition coefficient (Wildman–Crippen LogP) is 2.09. The molecule has 3 N–H and O–H groups in total. The molecule has 6 heteroatoms. The lowest BCUT2D eigenvalue weighted by molar-refractivity contribution is -0.116. The predicted molar refractivity (Wildman–Crippen MR) is 87.5 cm³/mol. The van der Waals surface area contributed by atoms with Gasteiger partial charge in [0.1, 0.15) is 4.99 Å². The summed E-state index contributed by atoms with van der Waals surface area (Å²) in [4.78, 5) is 12.1. The molecule has 0 saturated heterocycles. The summed E-state index contributed by atoms with van der Waals surface area (Å²) >= 11 is 4.96. The molecule has 0 spiro atoms. The minimum atomic E-state index is -0.0818. The topological polar surface area (TPSA) is 73.6 Å². The Kier molecular flexibility index (Phi) is 7.89. The molecular weight excluding hydrogens is 288 g/mol. The maximum absolute atomic E-state index is 11.9. The van der Waals surface area contributed by atoms with Crippen LogP contribution >= 0.6 is 12.2 Å². The number of anilines is 1. The summed E-state index contributed by atoms with van der Waals surface area (Å²) in [6, 6.07) is 7.22. The van der Waals surface area contributed by atoms with Crippen LogP contribution in [-0.2, 0) is 14.3 Å². The van der Waals surface area contributed by atoms with Gasteiger partial charge in [-0.2, -0.15) is 0 Å². The molecule has 21 heavy (non-hydrogen) atoms. The summed E-state index contributed by atoms with van der Waals surface area (Å²) in [5.41, 5.74) is 6.94. The van der Waals surface area contributed by atoms with E-state index in [0.29, 0.717) is 37.3 Å². The van der Waals surface area contributed by atoms with Crippen LogP contribution in [-0.4, -0.2) is 37.3 Å². The van der Waals surface area contributed by atoms with Crippen molar-refractivity contribution in [3.63, 3.8) is 0 Å². The zero-order chi connectivity index (χ0) is 15.7. The van der Waals surface area contributed by atoms with Crippen LogP contribution in [0.25, 0.3) is 0 Å². The first-order chi connectivity index (χ1) is 10.0. The molecule has 116 valence electrons. The molecule has 1 amide bonds. The summed E-state index contributed by atoms with van der Waals surface area (Å²) in [6.07, 6.45) is 1.06. The maximum atomic E-state index is 11.9.